The molecule has 0 aliphatic heterocycles. The second-order valence-electron chi connectivity index (χ2n) is 6.49. The summed E-state index contributed by atoms with van der Waals surface area (Å²) in [6.07, 6.45) is 0. The van der Waals surface area contributed by atoms with E-state index in [0.29, 0.717) is 17.1 Å². The van der Waals surface area contributed by atoms with Gasteiger partial charge >= 0.3 is 0 Å². The molecule has 6 nitrogen and oxygen atoms in total. The van der Waals surface area contributed by atoms with Gasteiger partial charge in [-0.25, -0.2) is 0 Å². The predicted molar refractivity (Wildman–Crippen MR) is 110 cm³/mol. The van der Waals surface area contributed by atoms with Gasteiger partial charge in [-0.05, 0) is 36.6 Å². The van der Waals surface area contributed by atoms with Crippen LogP contribution in [0.1, 0.15) is 22.2 Å². The fourth-order valence-electron chi connectivity index (χ4n) is 2.96. The van der Waals surface area contributed by atoms with Gasteiger partial charge in [-0.15, -0.1) is 11.3 Å². The molecule has 148 valence electrons. The summed E-state index contributed by atoms with van der Waals surface area (Å²) in [6.45, 7) is 1.74. The van der Waals surface area contributed by atoms with Crippen LogP contribution < -0.4 is 19.5 Å². The molecule has 28 heavy (non-hydrogen) atoms. The summed E-state index contributed by atoms with van der Waals surface area (Å²) in [5, 5.41) is 14.8. The molecule has 0 aliphatic rings. The smallest absolute Gasteiger partial charge is 0.255 e. The van der Waals surface area contributed by atoms with E-state index in [1.165, 1.54) is 32.7 Å². The Balaban J connectivity index is 1.81. The Bertz CT molecular complexity index is 963. The molecule has 0 bridgehead atoms. The Morgan fingerprint density at radius 1 is 1.07 bits per heavy atom. The lowest BCUT2D eigenvalue weighted by molar-refractivity contribution is 0.0556. The molecule has 0 fully saturated rings. The minimum atomic E-state index is -1.21. The van der Waals surface area contributed by atoms with Gasteiger partial charge in [-0.3, -0.25) is 4.79 Å². The molecule has 7 heteroatoms. The van der Waals surface area contributed by atoms with E-state index < -0.39 is 5.60 Å². The Kier molecular flexibility index (Phi) is 5.76. The zero-order valence-corrected chi connectivity index (χ0v) is 17.1. The van der Waals surface area contributed by atoms with E-state index in [9.17, 15) is 9.90 Å². The Morgan fingerprint density at radius 3 is 2.43 bits per heavy atom. The molecule has 0 saturated heterocycles. The SMILES string of the molecule is COc1ccc(C(=O)NCC(C)(O)c2cc3ccccc3s2)c(OC)c1OC. The highest BCUT2D eigenvalue weighted by Crippen LogP contribution is 2.40. The standard InChI is InChI=1S/C21H23NO5S/c1-21(24,17-11-13-7-5-6-8-16(13)28-17)12-22-20(23)14-9-10-15(25-2)19(27-4)18(14)26-3/h5-11,24H,12H2,1-4H3,(H,22,23). The molecular formula is C21H23NO5S. The highest BCUT2D eigenvalue weighted by Gasteiger charge is 2.28. The van der Waals surface area contributed by atoms with Gasteiger partial charge in [0, 0.05) is 9.58 Å². The molecule has 1 heterocycles. The van der Waals surface area contributed by atoms with Crippen LogP contribution in [0.4, 0.5) is 0 Å². The minimum absolute atomic E-state index is 0.0517. The van der Waals surface area contributed by atoms with Gasteiger partial charge in [0.05, 0.1) is 33.4 Å². The molecular weight excluding hydrogens is 378 g/mol. The number of rotatable bonds is 7. The van der Waals surface area contributed by atoms with Crippen molar-refractivity contribution in [2.45, 2.75) is 12.5 Å². The van der Waals surface area contributed by atoms with Crippen LogP contribution in [-0.4, -0.2) is 38.9 Å². The zero-order valence-electron chi connectivity index (χ0n) is 16.2. The summed E-state index contributed by atoms with van der Waals surface area (Å²) >= 11 is 1.51. The topological polar surface area (TPSA) is 77.0 Å². The maximum atomic E-state index is 12.7. The van der Waals surface area contributed by atoms with Crippen LogP contribution in [0.3, 0.4) is 0 Å². The van der Waals surface area contributed by atoms with Gasteiger partial charge in [0.1, 0.15) is 5.60 Å². The number of carbonyl (C=O) groups excluding carboxylic acids is 1. The van der Waals surface area contributed by atoms with Crippen LogP contribution >= 0.6 is 11.3 Å². The first-order chi connectivity index (χ1) is 13.4. The fraction of sp³-hybridized carbons (Fsp3) is 0.286. The Hall–Kier alpha value is -2.77. The molecule has 1 amide bonds. The molecule has 0 radical (unpaired) electrons. The van der Waals surface area contributed by atoms with Crippen LogP contribution in [0.5, 0.6) is 17.2 Å². The minimum Gasteiger partial charge on any atom is -0.493 e. The quantitative estimate of drug-likeness (QED) is 0.633. The van der Waals surface area contributed by atoms with Crippen molar-refractivity contribution < 1.29 is 24.1 Å². The second-order valence-corrected chi connectivity index (χ2v) is 7.57. The first kappa shape index (κ1) is 20.0. The van der Waals surface area contributed by atoms with E-state index in [1.807, 2.05) is 30.3 Å². The second kappa shape index (κ2) is 8.08. The monoisotopic (exact) mass is 401 g/mol. The average Bonchev–Trinajstić information content (AvgIpc) is 3.16. The van der Waals surface area contributed by atoms with Crippen LogP contribution in [0.25, 0.3) is 10.1 Å². The molecule has 0 aliphatic carbocycles. The lowest BCUT2D eigenvalue weighted by Crippen LogP contribution is -2.38. The molecule has 2 N–H and O–H groups in total. The summed E-state index contributed by atoms with van der Waals surface area (Å²) in [7, 11) is 4.45. The number of aliphatic hydroxyl groups is 1. The maximum absolute atomic E-state index is 12.7. The van der Waals surface area contributed by atoms with Crippen molar-refractivity contribution >= 4 is 27.3 Å². The van der Waals surface area contributed by atoms with Gasteiger partial charge in [-0.1, -0.05) is 18.2 Å². The first-order valence-electron chi connectivity index (χ1n) is 8.70. The fourth-order valence-corrected chi connectivity index (χ4v) is 4.07. The Morgan fingerprint density at radius 2 is 1.79 bits per heavy atom. The normalized spacial score (nSPS) is 13.0. The van der Waals surface area contributed by atoms with Gasteiger partial charge in [0.25, 0.3) is 5.91 Å². The highest BCUT2D eigenvalue weighted by molar-refractivity contribution is 7.19. The third-order valence-electron chi connectivity index (χ3n) is 4.50. The zero-order chi connectivity index (χ0) is 20.3. The number of fused-ring (bicyclic) bond motifs is 1. The van der Waals surface area contributed by atoms with Gasteiger partial charge < -0.3 is 24.6 Å². The number of benzene rings is 2. The predicted octanol–water partition coefficient (Wildman–Crippen LogP) is 3.56. The van der Waals surface area contributed by atoms with E-state index in [-0.39, 0.29) is 18.2 Å². The number of nitrogens with one attached hydrogen (secondary N) is 1. The summed E-state index contributed by atoms with van der Waals surface area (Å²) < 4.78 is 17.0. The third kappa shape index (κ3) is 3.76. The summed E-state index contributed by atoms with van der Waals surface area (Å²) in [5.74, 6) is 0.710. The van der Waals surface area contributed by atoms with E-state index in [0.717, 1.165) is 15.0 Å². The number of hydrogen-bond acceptors (Lipinski definition) is 6. The van der Waals surface area contributed by atoms with E-state index in [2.05, 4.69) is 5.32 Å². The lowest BCUT2D eigenvalue weighted by atomic mass is 10.0. The van der Waals surface area contributed by atoms with Crippen LogP contribution in [0.2, 0.25) is 0 Å². The summed E-state index contributed by atoms with van der Waals surface area (Å²) in [6, 6.07) is 13.1. The number of methoxy groups -OCH3 is 3. The van der Waals surface area contributed by atoms with Crippen molar-refractivity contribution in [3.05, 3.63) is 52.9 Å². The molecule has 3 aromatic rings. The highest BCUT2D eigenvalue weighted by atomic mass is 32.1. The average molecular weight is 401 g/mol. The number of thiophene rings is 1. The molecule has 2 aromatic carbocycles. The van der Waals surface area contributed by atoms with E-state index >= 15 is 0 Å². The number of amides is 1. The van der Waals surface area contributed by atoms with Gasteiger partial charge in [-0.2, -0.15) is 0 Å². The van der Waals surface area contributed by atoms with Crippen LogP contribution in [0.15, 0.2) is 42.5 Å². The summed E-state index contributed by atoms with van der Waals surface area (Å²) in [5.41, 5.74) is -0.907. The number of hydrogen-bond donors (Lipinski definition) is 2. The summed E-state index contributed by atoms with van der Waals surface area (Å²) in [4.78, 5) is 13.5. The van der Waals surface area contributed by atoms with Crippen LogP contribution in [-0.2, 0) is 5.60 Å². The Labute approximate surface area is 167 Å². The molecule has 3 rings (SSSR count). The molecule has 0 saturated carbocycles. The van der Waals surface area contributed by atoms with Crippen molar-refractivity contribution in [2.75, 3.05) is 27.9 Å². The van der Waals surface area contributed by atoms with Crippen molar-refractivity contribution in [3.8, 4) is 17.2 Å². The third-order valence-corrected chi connectivity index (χ3v) is 5.87. The maximum Gasteiger partial charge on any atom is 0.255 e. The number of carbonyl (C=O) groups is 1. The van der Waals surface area contributed by atoms with Crippen LogP contribution in [0, 0.1) is 0 Å². The number of ether oxygens (including phenoxy) is 3. The first-order valence-corrected chi connectivity index (χ1v) is 9.51. The molecule has 1 atom stereocenters. The van der Waals surface area contributed by atoms with E-state index in [1.54, 1.807) is 19.1 Å². The lowest BCUT2D eigenvalue weighted by Gasteiger charge is -2.23. The van der Waals surface area contributed by atoms with Crippen molar-refractivity contribution in [3.63, 3.8) is 0 Å². The molecule has 1 aromatic heterocycles. The molecule has 0 spiro atoms. The van der Waals surface area contributed by atoms with Crippen molar-refractivity contribution in [1.29, 1.82) is 0 Å². The van der Waals surface area contributed by atoms with Gasteiger partial charge in [0.15, 0.2) is 11.5 Å². The van der Waals surface area contributed by atoms with E-state index in [4.69, 9.17) is 14.2 Å². The van der Waals surface area contributed by atoms with Crippen molar-refractivity contribution in [2.24, 2.45) is 0 Å². The van der Waals surface area contributed by atoms with Crippen molar-refractivity contribution in [1.82, 2.24) is 5.32 Å². The van der Waals surface area contributed by atoms with Gasteiger partial charge in [0.2, 0.25) is 5.75 Å². The largest absolute Gasteiger partial charge is 0.493 e. The molecule has 1 unspecified atom stereocenters.